The van der Waals surface area contributed by atoms with Gasteiger partial charge in [0.2, 0.25) is 0 Å². The van der Waals surface area contributed by atoms with Crippen molar-refractivity contribution in [2.75, 3.05) is 6.61 Å². The summed E-state index contributed by atoms with van der Waals surface area (Å²) in [4.78, 5) is 0. The molecule has 5 heteroatoms. The summed E-state index contributed by atoms with van der Waals surface area (Å²) in [6.45, 7) is 2.64. The molecular weight excluding hydrogens is 254 g/mol. The van der Waals surface area contributed by atoms with E-state index in [4.69, 9.17) is 4.74 Å². The highest BCUT2D eigenvalue weighted by Crippen LogP contribution is 2.35. The Hall–Kier alpha value is -1.72. The fraction of sp³-hybridized carbons (Fsp3) is 0.467. The molecule has 1 aromatic carbocycles. The van der Waals surface area contributed by atoms with Gasteiger partial charge in [0.05, 0.1) is 30.3 Å². The number of hydrogen-bond acceptors (Lipinski definition) is 4. The number of ether oxygens (including phenoxy) is 1. The second-order valence-corrected chi connectivity index (χ2v) is 5.25. The van der Waals surface area contributed by atoms with Crippen molar-refractivity contribution >= 4 is 0 Å². The van der Waals surface area contributed by atoms with Gasteiger partial charge in [0.25, 0.3) is 0 Å². The van der Waals surface area contributed by atoms with E-state index in [1.54, 1.807) is 10.9 Å². The Morgan fingerprint density at radius 2 is 2.20 bits per heavy atom. The normalized spacial score (nSPS) is 26.6. The van der Waals surface area contributed by atoms with Gasteiger partial charge in [-0.15, -0.1) is 5.10 Å². The van der Waals surface area contributed by atoms with Crippen LogP contribution in [0.2, 0.25) is 0 Å². The largest absolute Gasteiger partial charge is 0.383 e. The van der Waals surface area contributed by atoms with E-state index in [9.17, 15) is 5.11 Å². The summed E-state index contributed by atoms with van der Waals surface area (Å²) in [6.07, 6.45) is 3.81. The minimum Gasteiger partial charge on any atom is -0.383 e. The lowest BCUT2D eigenvalue weighted by Crippen LogP contribution is -2.39. The Morgan fingerprint density at radius 3 is 2.95 bits per heavy atom. The summed E-state index contributed by atoms with van der Waals surface area (Å²) in [7, 11) is 0. The lowest BCUT2D eigenvalue weighted by molar-refractivity contribution is -0.111. The summed E-state index contributed by atoms with van der Waals surface area (Å²) in [5.41, 5.74) is 0.733. The van der Waals surface area contributed by atoms with Crippen molar-refractivity contribution < 1.29 is 9.84 Å². The Kier molecular flexibility index (Phi) is 3.54. The molecule has 0 aliphatic carbocycles. The molecule has 0 saturated carbocycles. The molecule has 1 aromatic heterocycles. The van der Waals surface area contributed by atoms with E-state index >= 15 is 0 Å². The monoisotopic (exact) mass is 273 g/mol. The predicted molar refractivity (Wildman–Crippen MR) is 74.5 cm³/mol. The van der Waals surface area contributed by atoms with Gasteiger partial charge in [-0.2, -0.15) is 0 Å². The van der Waals surface area contributed by atoms with Crippen LogP contribution >= 0.6 is 0 Å². The molecule has 0 spiro atoms. The topological polar surface area (TPSA) is 60.2 Å². The fourth-order valence-corrected chi connectivity index (χ4v) is 2.74. The molecule has 20 heavy (non-hydrogen) atoms. The van der Waals surface area contributed by atoms with Crippen LogP contribution in [0.1, 0.15) is 31.9 Å². The molecule has 1 fully saturated rings. The Balaban J connectivity index is 1.97. The first-order valence-corrected chi connectivity index (χ1v) is 7.03. The highest BCUT2D eigenvalue weighted by atomic mass is 16.5. The molecule has 5 nitrogen and oxygen atoms in total. The van der Waals surface area contributed by atoms with Crippen LogP contribution < -0.4 is 0 Å². The van der Waals surface area contributed by atoms with Crippen LogP contribution in [0, 0.1) is 0 Å². The molecule has 2 heterocycles. The lowest BCUT2D eigenvalue weighted by atomic mass is 9.86. The molecular formula is C15H19N3O2. The number of aromatic nitrogens is 3. The molecule has 2 aromatic rings. The zero-order valence-electron chi connectivity index (χ0n) is 11.6. The third-order valence-electron chi connectivity index (χ3n) is 3.92. The van der Waals surface area contributed by atoms with Gasteiger partial charge in [-0.05, 0) is 18.6 Å². The molecule has 1 aliphatic heterocycles. The highest BCUT2D eigenvalue weighted by Gasteiger charge is 2.39. The third-order valence-corrected chi connectivity index (χ3v) is 3.92. The average Bonchev–Trinajstić information content (AvgIpc) is 2.98. The smallest absolute Gasteiger partial charge is 0.113 e. The summed E-state index contributed by atoms with van der Waals surface area (Å²) < 4.78 is 7.38. The van der Waals surface area contributed by atoms with Gasteiger partial charge in [0.15, 0.2) is 0 Å². The SMILES string of the molecule is CCC1CC(O)(c2cnnn2-c2ccccc2)CCO1. The maximum atomic E-state index is 11.0. The van der Waals surface area contributed by atoms with Gasteiger partial charge < -0.3 is 9.84 Å². The summed E-state index contributed by atoms with van der Waals surface area (Å²) in [6, 6.07) is 9.76. The number of benzene rings is 1. The molecule has 0 radical (unpaired) electrons. The predicted octanol–water partition coefficient (Wildman–Crippen LogP) is 2.04. The van der Waals surface area contributed by atoms with Crippen LogP contribution in [0.3, 0.4) is 0 Å². The van der Waals surface area contributed by atoms with E-state index in [0.29, 0.717) is 19.4 Å². The first-order chi connectivity index (χ1) is 9.73. The minimum absolute atomic E-state index is 0.0906. The second kappa shape index (κ2) is 5.34. The van der Waals surface area contributed by atoms with Gasteiger partial charge >= 0.3 is 0 Å². The number of rotatable bonds is 3. The van der Waals surface area contributed by atoms with E-state index in [2.05, 4.69) is 17.2 Å². The average molecular weight is 273 g/mol. The van der Waals surface area contributed by atoms with Crippen molar-refractivity contribution in [2.45, 2.75) is 37.9 Å². The molecule has 106 valence electrons. The molecule has 2 unspecified atom stereocenters. The number of para-hydroxylation sites is 1. The van der Waals surface area contributed by atoms with E-state index in [1.807, 2.05) is 30.3 Å². The molecule has 1 saturated heterocycles. The van der Waals surface area contributed by atoms with Crippen molar-refractivity contribution in [1.29, 1.82) is 0 Å². The summed E-state index contributed by atoms with van der Waals surface area (Å²) in [5.74, 6) is 0. The van der Waals surface area contributed by atoms with E-state index in [0.717, 1.165) is 17.8 Å². The fourth-order valence-electron chi connectivity index (χ4n) is 2.74. The van der Waals surface area contributed by atoms with Crippen molar-refractivity contribution in [3.8, 4) is 5.69 Å². The van der Waals surface area contributed by atoms with Gasteiger partial charge in [0.1, 0.15) is 5.60 Å². The van der Waals surface area contributed by atoms with Crippen molar-refractivity contribution in [3.63, 3.8) is 0 Å². The number of nitrogens with zero attached hydrogens (tertiary/aromatic N) is 3. The van der Waals surface area contributed by atoms with Gasteiger partial charge in [-0.1, -0.05) is 30.3 Å². The Morgan fingerprint density at radius 1 is 1.40 bits per heavy atom. The first kappa shape index (κ1) is 13.3. The standard InChI is InChI=1S/C15H19N3O2/c1-2-13-10-15(19,8-9-20-13)14-11-16-17-18(14)12-6-4-3-5-7-12/h3-7,11,13,19H,2,8-10H2,1H3. The van der Waals surface area contributed by atoms with Crippen LogP contribution in [-0.4, -0.2) is 32.8 Å². The van der Waals surface area contributed by atoms with Gasteiger partial charge in [0, 0.05) is 12.8 Å². The van der Waals surface area contributed by atoms with Crippen molar-refractivity contribution in [2.24, 2.45) is 0 Å². The minimum atomic E-state index is -0.918. The quantitative estimate of drug-likeness (QED) is 0.929. The zero-order chi connectivity index (χ0) is 14.0. The second-order valence-electron chi connectivity index (χ2n) is 5.25. The number of hydrogen-bond donors (Lipinski definition) is 1. The molecule has 0 bridgehead atoms. The van der Waals surface area contributed by atoms with Crippen LogP contribution in [0.4, 0.5) is 0 Å². The van der Waals surface area contributed by atoms with Crippen LogP contribution in [0.15, 0.2) is 36.5 Å². The zero-order valence-corrected chi connectivity index (χ0v) is 11.6. The van der Waals surface area contributed by atoms with Crippen LogP contribution in [-0.2, 0) is 10.3 Å². The van der Waals surface area contributed by atoms with E-state index < -0.39 is 5.60 Å². The highest BCUT2D eigenvalue weighted by molar-refractivity contribution is 5.33. The van der Waals surface area contributed by atoms with Crippen molar-refractivity contribution in [3.05, 3.63) is 42.2 Å². The van der Waals surface area contributed by atoms with Crippen molar-refractivity contribution in [1.82, 2.24) is 15.0 Å². The Bertz CT molecular complexity index is 570. The molecule has 1 N–H and O–H groups in total. The van der Waals surface area contributed by atoms with Gasteiger partial charge in [-0.3, -0.25) is 0 Å². The van der Waals surface area contributed by atoms with E-state index in [1.165, 1.54) is 0 Å². The summed E-state index contributed by atoms with van der Waals surface area (Å²) >= 11 is 0. The molecule has 0 amide bonds. The third kappa shape index (κ3) is 2.34. The Labute approximate surface area is 118 Å². The molecule has 3 rings (SSSR count). The van der Waals surface area contributed by atoms with E-state index in [-0.39, 0.29) is 6.10 Å². The van der Waals surface area contributed by atoms with Gasteiger partial charge in [-0.25, -0.2) is 4.68 Å². The molecule has 2 atom stereocenters. The first-order valence-electron chi connectivity index (χ1n) is 7.03. The maximum absolute atomic E-state index is 11.0. The number of aliphatic hydroxyl groups is 1. The lowest BCUT2D eigenvalue weighted by Gasteiger charge is -2.36. The van der Waals surface area contributed by atoms with Crippen LogP contribution in [0.5, 0.6) is 0 Å². The van der Waals surface area contributed by atoms with Crippen LogP contribution in [0.25, 0.3) is 5.69 Å². The molecule has 1 aliphatic rings. The maximum Gasteiger partial charge on any atom is 0.113 e. The summed E-state index contributed by atoms with van der Waals surface area (Å²) in [5, 5.41) is 19.1.